The first kappa shape index (κ1) is 14.6. The number of rotatable bonds is 5. The number of anilines is 1. The Labute approximate surface area is 127 Å². The molecule has 1 amide bonds. The lowest BCUT2D eigenvalue weighted by molar-refractivity contribution is -0.117. The molecular formula is C16H17BrN2O. The van der Waals surface area contributed by atoms with Gasteiger partial charge in [0.15, 0.2) is 0 Å². The fourth-order valence-electron chi connectivity index (χ4n) is 2.00. The van der Waals surface area contributed by atoms with Crippen molar-refractivity contribution in [1.29, 1.82) is 0 Å². The Morgan fingerprint density at radius 3 is 2.30 bits per heavy atom. The van der Waals surface area contributed by atoms with Crippen LogP contribution in [-0.4, -0.2) is 5.91 Å². The molecule has 0 radical (unpaired) electrons. The van der Waals surface area contributed by atoms with E-state index in [1.165, 1.54) is 5.56 Å². The van der Waals surface area contributed by atoms with Crippen LogP contribution in [0.1, 0.15) is 24.1 Å². The Hall–Kier alpha value is -1.81. The van der Waals surface area contributed by atoms with E-state index in [9.17, 15) is 4.79 Å². The maximum Gasteiger partial charge on any atom is 0.221 e. The fourth-order valence-corrected chi connectivity index (χ4v) is 2.27. The third kappa shape index (κ3) is 4.10. The van der Waals surface area contributed by atoms with E-state index in [4.69, 9.17) is 5.73 Å². The summed E-state index contributed by atoms with van der Waals surface area (Å²) in [5, 5.41) is 3.43. The summed E-state index contributed by atoms with van der Waals surface area (Å²) >= 11 is 3.43. The molecule has 0 aromatic heterocycles. The van der Waals surface area contributed by atoms with Gasteiger partial charge in [-0.15, -0.1) is 0 Å². The number of amides is 1. The number of nitrogens with one attached hydrogen (secondary N) is 1. The number of halogens is 1. The molecule has 0 aliphatic carbocycles. The van der Waals surface area contributed by atoms with E-state index in [0.717, 1.165) is 15.7 Å². The molecule has 1 atom stereocenters. The second kappa shape index (κ2) is 6.57. The van der Waals surface area contributed by atoms with Gasteiger partial charge in [0, 0.05) is 16.2 Å². The zero-order valence-electron chi connectivity index (χ0n) is 11.3. The molecule has 20 heavy (non-hydrogen) atoms. The zero-order chi connectivity index (χ0) is 14.5. The molecule has 0 bridgehead atoms. The van der Waals surface area contributed by atoms with Crippen LogP contribution in [0.3, 0.4) is 0 Å². The number of nitrogens with two attached hydrogens (primary N) is 1. The van der Waals surface area contributed by atoms with Gasteiger partial charge in [0.05, 0.1) is 6.42 Å². The topological polar surface area (TPSA) is 55.1 Å². The standard InChI is InChI=1S/C16H17BrN2O/c1-11(13-4-6-14(17)7-5-13)19-15-8-2-12(3-9-15)10-16(18)20/h2-9,11,19H,10H2,1H3,(H2,18,20). The number of carbonyl (C=O) groups excluding carboxylic acids is 1. The van der Waals surface area contributed by atoms with Crippen LogP contribution in [0.2, 0.25) is 0 Å². The van der Waals surface area contributed by atoms with Crippen molar-refractivity contribution in [2.75, 3.05) is 5.32 Å². The molecule has 2 aromatic rings. The molecular weight excluding hydrogens is 316 g/mol. The van der Waals surface area contributed by atoms with Crippen LogP contribution < -0.4 is 11.1 Å². The van der Waals surface area contributed by atoms with Crippen LogP contribution in [0, 0.1) is 0 Å². The highest BCUT2D eigenvalue weighted by atomic mass is 79.9. The van der Waals surface area contributed by atoms with Crippen LogP contribution >= 0.6 is 15.9 Å². The lowest BCUT2D eigenvalue weighted by Crippen LogP contribution is -2.13. The van der Waals surface area contributed by atoms with Gasteiger partial charge in [0.2, 0.25) is 5.91 Å². The monoisotopic (exact) mass is 332 g/mol. The predicted octanol–water partition coefficient (Wildman–Crippen LogP) is 3.65. The van der Waals surface area contributed by atoms with Crippen molar-refractivity contribution >= 4 is 27.5 Å². The quantitative estimate of drug-likeness (QED) is 0.877. The van der Waals surface area contributed by atoms with E-state index in [-0.39, 0.29) is 18.4 Å². The second-order valence-corrected chi connectivity index (χ2v) is 5.67. The minimum Gasteiger partial charge on any atom is -0.379 e. The number of carbonyl (C=O) groups is 1. The Morgan fingerprint density at radius 2 is 1.75 bits per heavy atom. The highest BCUT2D eigenvalue weighted by molar-refractivity contribution is 9.10. The fraction of sp³-hybridized carbons (Fsp3) is 0.188. The van der Waals surface area contributed by atoms with Gasteiger partial charge in [-0.3, -0.25) is 4.79 Å². The molecule has 1 unspecified atom stereocenters. The van der Waals surface area contributed by atoms with E-state index in [0.29, 0.717) is 0 Å². The summed E-state index contributed by atoms with van der Waals surface area (Å²) in [6, 6.07) is 16.2. The summed E-state index contributed by atoms with van der Waals surface area (Å²) in [4.78, 5) is 10.8. The summed E-state index contributed by atoms with van der Waals surface area (Å²) in [5.41, 5.74) is 8.34. The summed E-state index contributed by atoms with van der Waals surface area (Å²) in [7, 11) is 0. The normalized spacial score (nSPS) is 11.9. The maximum atomic E-state index is 10.8. The highest BCUT2D eigenvalue weighted by Gasteiger charge is 2.05. The van der Waals surface area contributed by atoms with Gasteiger partial charge in [-0.2, -0.15) is 0 Å². The lowest BCUT2D eigenvalue weighted by atomic mass is 10.1. The first-order chi connectivity index (χ1) is 9.54. The van der Waals surface area contributed by atoms with Gasteiger partial charge >= 0.3 is 0 Å². The Balaban J connectivity index is 2.02. The summed E-state index contributed by atoms with van der Waals surface area (Å²) in [6.45, 7) is 2.11. The second-order valence-electron chi connectivity index (χ2n) is 4.76. The average Bonchev–Trinajstić information content (AvgIpc) is 2.41. The Kier molecular flexibility index (Phi) is 4.79. The van der Waals surface area contributed by atoms with Crippen molar-refractivity contribution in [1.82, 2.24) is 0 Å². The minimum atomic E-state index is -0.311. The first-order valence-electron chi connectivity index (χ1n) is 6.44. The van der Waals surface area contributed by atoms with Gasteiger partial charge in [0.1, 0.15) is 0 Å². The van der Waals surface area contributed by atoms with E-state index < -0.39 is 0 Å². The zero-order valence-corrected chi connectivity index (χ0v) is 12.9. The third-order valence-electron chi connectivity index (χ3n) is 3.09. The molecule has 3 nitrogen and oxygen atoms in total. The van der Waals surface area contributed by atoms with Crippen LogP contribution in [0.25, 0.3) is 0 Å². The number of hydrogen-bond acceptors (Lipinski definition) is 2. The van der Waals surface area contributed by atoms with Crippen LogP contribution in [0.15, 0.2) is 53.0 Å². The minimum absolute atomic E-state index is 0.213. The lowest BCUT2D eigenvalue weighted by Gasteiger charge is -2.16. The molecule has 3 N–H and O–H groups in total. The number of benzene rings is 2. The number of primary amides is 1. The van der Waals surface area contributed by atoms with E-state index in [1.807, 2.05) is 36.4 Å². The summed E-state index contributed by atoms with van der Waals surface area (Å²) in [6.07, 6.45) is 0.280. The largest absolute Gasteiger partial charge is 0.379 e. The van der Waals surface area contributed by atoms with Gasteiger partial charge in [-0.25, -0.2) is 0 Å². The van der Waals surface area contributed by atoms with Crippen molar-refractivity contribution in [3.05, 3.63) is 64.1 Å². The van der Waals surface area contributed by atoms with Crippen molar-refractivity contribution < 1.29 is 4.79 Å². The highest BCUT2D eigenvalue weighted by Crippen LogP contribution is 2.21. The SMILES string of the molecule is CC(Nc1ccc(CC(N)=O)cc1)c1ccc(Br)cc1. The first-order valence-corrected chi connectivity index (χ1v) is 7.23. The van der Waals surface area contributed by atoms with Crippen molar-refractivity contribution in [3.63, 3.8) is 0 Å². The van der Waals surface area contributed by atoms with E-state index in [1.54, 1.807) is 0 Å². The Bertz CT molecular complexity index is 578. The molecule has 0 aliphatic rings. The van der Waals surface area contributed by atoms with Crippen molar-refractivity contribution in [2.45, 2.75) is 19.4 Å². The molecule has 2 aromatic carbocycles. The van der Waals surface area contributed by atoms with Crippen LogP contribution in [0.5, 0.6) is 0 Å². The van der Waals surface area contributed by atoms with Crippen molar-refractivity contribution in [3.8, 4) is 0 Å². The van der Waals surface area contributed by atoms with Gasteiger partial charge in [-0.05, 0) is 42.3 Å². The summed E-state index contributed by atoms with van der Waals surface area (Å²) < 4.78 is 1.07. The summed E-state index contributed by atoms with van der Waals surface area (Å²) in [5.74, 6) is -0.311. The smallest absolute Gasteiger partial charge is 0.221 e. The molecule has 4 heteroatoms. The molecule has 0 heterocycles. The van der Waals surface area contributed by atoms with Gasteiger partial charge in [0.25, 0.3) is 0 Å². The molecule has 2 rings (SSSR count). The van der Waals surface area contributed by atoms with Crippen molar-refractivity contribution in [2.24, 2.45) is 5.73 Å². The van der Waals surface area contributed by atoms with E-state index in [2.05, 4.69) is 40.3 Å². The average molecular weight is 333 g/mol. The molecule has 104 valence electrons. The molecule has 0 saturated carbocycles. The third-order valence-corrected chi connectivity index (χ3v) is 3.61. The van der Waals surface area contributed by atoms with Gasteiger partial charge < -0.3 is 11.1 Å². The Morgan fingerprint density at radius 1 is 1.15 bits per heavy atom. The molecule has 0 aliphatic heterocycles. The molecule has 0 spiro atoms. The predicted molar refractivity (Wildman–Crippen MR) is 85.5 cm³/mol. The molecule has 0 saturated heterocycles. The molecule has 0 fully saturated rings. The van der Waals surface area contributed by atoms with Gasteiger partial charge in [-0.1, -0.05) is 40.2 Å². The van der Waals surface area contributed by atoms with Crippen LogP contribution in [0.4, 0.5) is 5.69 Å². The number of hydrogen-bond donors (Lipinski definition) is 2. The van der Waals surface area contributed by atoms with Crippen LogP contribution in [-0.2, 0) is 11.2 Å². The maximum absolute atomic E-state index is 10.8. The van der Waals surface area contributed by atoms with E-state index >= 15 is 0 Å².